The fraction of sp³-hybridized carbons (Fsp3) is 0.259. The highest BCUT2D eigenvalue weighted by atomic mass is 32.2. The molecule has 3 rings (SSSR count). The van der Waals surface area contributed by atoms with Crippen LogP contribution in [-0.4, -0.2) is 32.1 Å². The van der Waals surface area contributed by atoms with Crippen LogP contribution in [0.1, 0.15) is 31.9 Å². The van der Waals surface area contributed by atoms with Gasteiger partial charge >= 0.3 is 22.2 Å². The van der Waals surface area contributed by atoms with Gasteiger partial charge in [-0.3, -0.25) is 0 Å². The number of benzene rings is 3. The van der Waals surface area contributed by atoms with Gasteiger partial charge in [-0.25, -0.2) is 9.59 Å². The second-order valence-corrected chi connectivity index (χ2v) is 10.5. The molecule has 0 bridgehead atoms. The van der Waals surface area contributed by atoms with E-state index in [4.69, 9.17) is 13.7 Å². The molecule has 1 atom stereocenters. The average molecular weight is 512 g/mol. The molecular formula is C27H29NO7S. The number of nitrogens with one attached hydrogen (secondary N) is 1. The minimum absolute atomic E-state index is 0.0391. The highest BCUT2D eigenvalue weighted by Gasteiger charge is 2.27. The first kappa shape index (κ1) is 26.7. The number of amides is 1. The van der Waals surface area contributed by atoms with Crippen molar-refractivity contribution >= 4 is 22.2 Å². The van der Waals surface area contributed by atoms with Crippen LogP contribution in [0, 0.1) is 0 Å². The molecule has 8 nitrogen and oxygen atoms in total. The zero-order chi connectivity index (χ0) is 26.2. The molecule has 0 aliphatic rings. The van der Waals surface area contributed by atoms with Crippen LogP contribution in [-0.2, 0) is 37.4 Å². The van der Waals surface area contributed by atoms with Gasteiger partial charge in [0.25, 0.3) is 0 Å². The molecule has 9 heteroatoms. The van der Waals surface area contributed by atoms with Crippen molar-refractivity contribution in [3.05, 3.63) is 96.1 Å². The summed E-state index contributed by atoms with van der Waals surface area (Å²) in [5, 5.41) is 2.57. The molecular weight excluding hydrogens is 482 g/mol. The number of carbonyl (C=O) groups is 2. The SMILES string of the molecule is CC(C)(C)OC(=O)[C@H](Cc1ccc(OS(=O)(=O)c2ccccc2)cc1)NC(=O)OCc1ccccc1. The van der Waals surface area contributed by atoms with Gasteiger partial charge in [-0.05, 0) is 56.2 Å². The lowest BCUT2D eigenvalue weighted by Gasteiger charge is -2.24. The Morgan fingerprint density at radius 1 is 0.833 bits per heavy atom. The van der Waals surface area contributed by atoms with Crippen molar-refractivity contribution in [3.63, 3.8) is 0 Å². The molecule has 0 aromatic heterocycles. The smallest absolute Gasteiger partial charge is 0.408 e. The van der Waals surface area contributed by atoms with Gasteiger partial charge in [-0.1, -0.05) is 60.7 Å². The summed E-state index contributed by atoms with van der Waals surface area (Å²) in [6.45, 7) is 5.24. The van der Waals surface area contributed by atoms with E-state index in [2.05, 4.69) is 5.32 Å². The summed E-state index contributed by atoms with van der Waals surface area (Å²) in [7, 11) is -3.98. The molecule has 0 radical (unpaired) electrons. The lowest BCUT2D eigenvalue weighted by atomic mass is 10.1. The Balaban J connectivity index is 1.67. The van der Waals surface area contributed by atoms with E-state index in [1.54, 1.807) is 51.1 Å². The number of ether oxygens (including phenoxy) is 2. The summed E-state index contributed by atoms with van der Waals surface area (Å²) in [5.41, 5.74) is 0.704. The topological polar surface area (TPSA) is 108 Å². The van der Waals surface area contributed by atoms with Crippen molar-refractivity contribution in [1.29, 1.82) is 0 Å². The number of rotatable bonds is 9. The van der Waals surface area contributed by atoms with E-state index in [0.717, 1.165) is 5.56 Å². The summed E-state index contributed by atoms with van der Waals surface area (Å²) in [5.74, 6) is -0.502. The van der Waals surface area contributed by atoms with E-state index in [9.17, 15) is 18.0 Å². The molecule has 0 heterocycles. The van der Waals surface area contributed by atoms with Crippen molar-refractivity contribution in [3.8, 4) is 5.75 Å². The summed E-state index contributed by atoms with van der Waals surface area (Å²) in [4.78, 5) is 25.2. The van der Waals surface area contributed by atoms with E-state index in [1.165, 1.54) is 24.3 Å². The van der Waals surface area contributed by atoms with Gasteiger partial charge in [0.15, 0.2) is 0 Å². The highest BCUT2D eigenvalue weighted by Crippen LogP contribution is 2.20. The molecule has 0 aliphatic heterocycles. The zero-order valence-corrected chi connectivity index (χ0v) is 21.2. The standard InChI is InChI=1S/C27H29NO7S/c1-27(2,3)34-25(29)24(28-26(30)33-19-21-10-6-4-7-11-21)18-20-14-16-22(17-15-20)35-36(31,32)23-12-8-5-9-13-23/h4-17,24H,18-19H2,1-3H3,(H,28,30)/t24-/m0/s1. The highest BCUT2D eigenvalue weighted by molar-refractivity contribution is 7.87. The fourth-order valence-electron chi connectivity index (χ4n) is 3.15. The number of esters is 1. The Morgan fingerprint density at radius 3 is 2.00 bits per heavy atom. The largest absolute Gasteiger partial charge is 0.458 e. The Morgan fingerprint density at radius 2 is 1.42 bits per heavy atom. The fourth-order valence-corrected chi connectivity index (χ4v) is 4.10. The van der Waals surface area contributed by atoms with Gasteiger partial charge in [0.2, 0.25) is 0 Å². The van der Waals surface area contributed by atoms with Crippen molar-refractivity contribution in [2.24, 2.45) is 0 Å². The maximum absolute atomic E-state index is 12.8. The summed E-state index contributed by atoms with van der Waals surface area (Å²) < 4.78 is 40.8. The normalized spacial score (nSPS) is 12.3. The summed E-state index contributed by atoms with van der Waals surface area (Å²) in [6.07, 6.45) is -0.662. The number of alkyl carbamates (subject to hydrolysis) is 1. The number of carbonyl (C=O) groups excluding carboxylic acids is 2. The van der Waals surface area contributed by atoms with Crippen LogP contribution >= 0.6 is 0 Å². The molecule has 3 aromatic rings. The van der Waals surface area contributed by atoms with Crippen molar-refractivity contribution in [2.75, 3.05) is 0 Å². The van der Waals surface area contributed by atoms with Gasteiger partial charge in [0.1, 0.15) is 28.9 Å². The van der Waals surface area contributed by atoms with Crippen LogP contribution in [0.5, 0.6) is 5.75 Å². The van der Waals surface area contributed by atoms with Crippen molar-refractivity contribution in [2.45, 2.75) is 50.3 Å². The molecule has 0 aliphatic carbocycles. The van der Waals surface area contributed by atoms with E-state index >= 15 is 0 Å². The minimum atomic E-state index is -3.98. The van der Waals surface area contributed by atoms with Gasteiger partial charge < -0.3 is 19.0 Å². The van der Waals surface area contributed by atoms with E-state index in [-0.39, 0.29) is 23.7 Å². The van der Waals surface area contributed by atoms with Crippen LogP contribution in [0.2, 0.25) is 0 Å². The lowest BCUT2D eigenvalue weighted by molar-refractivity contribution is -0.157. The van der Waals surface area contributed by atoms with E-state index in [1.807, 2.05) is 30.3 Å². The van der Waals surface area contributed by atoms with Gasteiger partial charge in [-0.2, -0.15) is 8.42 Å². The Kier molecular flexibility index (Phi) is 8.71. The number of hydrogen-bond acceptors (Lipinski definition) is 7. The molecule has 0 fully saturated rings. The van der Waals surface area contributed by atoms with Crippen molar-refractivity contribution in [1.82, 2.24) is 5.32 Å². The van der Waals surface area contributed by atoms with Crippen LogP contribution in [0.15, 0.2) is 89.8 Å². The van der Waals surface area contributed by atoms with Crippen LogP contribution in [0.25, 0.3) is 0 Å². The molecule has 0 saturated heterocycles. The number of hydrogen-bond donors (Lipinski definition) is 1. The molecule has 0 spiro atoms. The first-order chi connectivity index (χ1) is 17.0. The molecule has 0 unspecified atom stereocenters. The predicted molar refractivity (Wildman–Crippen MR) is 134 cm³/mol. The minimum Gasteiger partial charge on any atom is -0.458 e. The van der Waals surface area contributed by atoms with Crippen LogP contribution < -0.4 is 9.50 Å². The molecule has 1 N–H and O–H groups in total. The lowest BCUT2D eigenvalue weighted by Crippen LogP contribution is -2.45. The second kappa shape index (κ2) is 11.7. The maximum atomic E-state index is 12.8. The molecule has 0 saturated carbocycles. The molecule has 190 valence electrons. The Labute approximate surface area is 211 Å². The molecule has 36 heavy (non-hydrogen) atoms. The Hall–Kier alpha value is -3.85. The Bertz CT molecular complexity index is 1250. The second-order valence-electron chi connectivity index (χ2n) is 8.99. The van der Waals surface area contributed by atoms with Crippen molar-refractivity contribution < 1.29 is 31.7 Å². The quantitative estimate of drug-likeness (QED) is 0.330. The van der Waals surface area contributed by atoms with Crippen LogP contribution in [0.3, 0.4) is 0 Å². The van der Waals surface area contributed by atoms with E-state index in [0.29, 0.717) is 5.56 Å². The first-order valence-electron chi connectivity index (χ1n) is 11.3. The first-order valence-corrected chi connectivity index (χ1v) is 12.7. The third-order valence-electron chi connectivity index (χ3n) is 4.80. The van der Waals surface area contributed by atoms with Gasteiger partial charge in [0, 0.05) is 6.42 Å². The summed E-state index contributed by atoms with van der Waals surface area (Å²) in [6, 6.07) is 22.1. The predicted octanol–water partition coefficient (Wildman–Crippen LogP) is 4.63. The molecule has 1 amide bonds. The van der Waals surface area contributed by atoms with Crippen LogP contribution in [0.4, 0.5) is 4.79 Å². The monoisotopic (exact) mass is 511 g/mol. The van der Waals surface area contributed by atoms with Gasteiger partial charge in [-0.15, -0.1) is 0 Å². The van der Waals surface area contributed by atoms with Gasteiger partial charge in [0.05, 0.1) is 0 Å². The molecule has 3 aromatic carbocycles. The van der Waals surface area contributed by atoms with E-state index < -0.39 is 33.8 Å². The zero-order valence-electron chi connectivity index (χ0n) is 20.3. The third-order valence-corrected chi connectivity index (χ3v) is 6.06. The third kappa shape index (κ3) is 8.42. The summed E-state index contributed by atoms with van der Waals surface area (Å²) >= 11 is 0. The average Bonchev–Trinajstić information content (AvgIpc) is 2.83. The maximum Gasteiger partial charge on any atom is 0.408 e.